The summed E-state index contributed by atoms with van der Waals surface area (Å²) in [6.07, 6.45) is -2.45. The van der Waals surface area contributed by atoms with E-state index in [1.165, 1.54) is 17.0 Å². The van der Waals surface area contributed by atoms with E-state index in [0.717, 1.165) is 23.4 Å². The first kappa shape index (κ1) is 22.7. The molecular formula is C22H22F3N3O2S. The van der Waals surface area contributed by atoms with Crippen molar-refractivity contribution in [3.63, 3.8) is 0 Å². The van der Waals surface area contributed by atoms with Gasteiger partial charge in [0, 0.05) is 23.0 Å². The van der Waals surface area contributed by atoms with Gasteiger partial charge in [0.15, 0.2) is 0 Å². The van der Waals surface area contributed by atoms with Crippen molar-refractivity contribution >= 4 is 23.7 Å². The van der Waals surface area contributed by atoms with Crippen LogP contribution in [0.1, 0.15) is 31.9 Å². The van der Waals surface area contributed by atoms with E-state index in [9.17, 15) is 18.0 Å². The van der Waals surface area contributed by atoms with Crippen molar-refractivity contribution in [2.75, 3.05) is 5.32 Å². The lowest BCUT2D eigenvalue weighted by atomic mass is 10.2. The summed E-state index contributed by atoms with van der Waals surface area (Å²) >= 11 is 0.939. The highest BCUT2D eigenvalue weighted by Crippen LogP contribution is 2.44. The highest BCUT2D eigenvalue weighted by atomic mass is 32.2. The SMILES string of the molecule is Cc1ccc(-n2c(NC(=O)OC(C)(C)C)cc(C(F)(F)F)c2Sc2ccncc2)cc1. The fraction of sp³-hybridized carbons (Fsp3) is 0.273. The number of alkyl halides is 3. The van der Waals surface area contributed by atoms with Crippen LogP contribution in [-0.2, 0) is 10.9 Å². The summed E-state index contributed by atoms with van der Waals surface area (Å²) in [5.41, 5.74) is -0.228. The van der Waals surface area contributed by atoms with Gasteiger partial charge in [-0.25, -0.2) is 4.79 Å². The smallest absolute Gasteiger partial charge is 0.419 e. The van der Waals surface area contributed by atoms with Crippen molar-refractivity contribution in [3.8, 4) is 5.69 Å². The maximum absolute atomic E-state index is 13.9. The Balaban J connectivity index is 2.17. The number of anilines is 1. The summed E-state index contributed by atoms with van der Waals surface area (Å²) in [5, 5.41) is 2.40. The Bertz CT molecular complexity index is 1060. The zero-order valence-corrected chi connectivity index (χ0v) is 18.3. The fourth-order valence-electron chi connectivity index (χ4n) is 2.76. The van der Waals surface area contributed by atoms with Crippen LogP contribution in [0.15, 0.2) is 64.8 Å². The average molecular weight is 449 g/mol. The first-order valence-electron chi connectivity index (χ1n) is 9.42. The van der Waals surface area contributed by atoms with Crippen LogP contribution in [0.4, 0.5) is 23.8 Å². The molecule has 0 saturated carbocycles. The van der Waals surface area contributed by atoms with Gasteiger partial charge in [-0.2, -0.15) is 13.2 Å². The molecule has 164 valence electrons. The van der Waals surface area contributed by atoms with Gasteiger partial charge in [0.05, 0.1) is 10.6 Å². The van der Waals surface area contributed by atoms with Gasteiger partial charge < -0.3 is 4.74 Å². The topological polar surface area (TPSA) is 56.2 Å². The molecule has 0 spiro atoms. The fourth-order valence-corrected chi connectivity index (χ4v) is 3.83. The zero-order valence-electron chi connectivity index (χ0n) is 17.4. The second-order valence-corrected chi connectivity index (χ2v) is 8.89. The van der Waals surface area contributed by atoms with E-state index in [0.29, 0.717) is 10.6 Å². The second-order valence-electron chi connectivity index (χ2n) is 7.83. The number of pyridine rings is 1. The third-order valence-corrected chi connectivity index (χ3v) is 5.15. The molecule has 3 aromatic rings. The van der Waals surface area contributed by atoms with Gasteiger partial charge in [-0.15, -0.1) is 0 Å². The Hall–Kier alpha value is -2.94. The number of aryl methyl sites for hydroxylation is 1. The highest BCUT2D eigenvalue weighted by molar-refractivity contribution is 7.99. The standard InChI is InChI=1S/C22H22F3N3O2S/c1-14-5-7-15(8-6-14)28-18(27-20(29)30-21(2,3)4)13-17(22(23,24)25)19(28)31-16-9-11-26-12-10-16/h5-13H,1-4H3,(H,27,29). The molecule has 5 nitrogen and oxygen atoms in total. The van der Waals surface area contributed by atoms with Crippen LogP contribution < -0.4 is 5.32 Å². The molecule has 1 aromatic carbocycles. The first-order valence-corrected chi connectivity index (χ1v) is 10.2. The Morgan fingerprint density at radius 1 is 1.06 bits per heavy atom. The molecular weight excluding hydrogens is 427 g/mol. The zero-order chi connectivity index (χ0) is 22.8. The van der Waals surface area contributed by atoms with Crippen LogP contribution >= 0.6 is 11.8 Å². The van der Waals surface area contributed by atoms with E-state index in [1.807, 2.05) is 6.92 Å². The predicted octanol–water partition coefficient (Wildman–Crippen LogP) is 6.70. The van der Waals surface area contributed by atoms with Crippen LogP contribution in [-0.4, -0.2) is 21.2 Å². The molecule has 0 aliphatic rings. The minimum absolute atomic E-state index is 0.0398. The summed E-state index contributed by atoms with van der Waals surface area (Å²) in [4.78, 5) is 16.8. The predicted molar refractivity (Wildman–Crippen MR) is 114 cm³/mol. The number of nitrogens with one attached hydrogen (secondary N) is 1. The lowest BCUT2D eigenvalue weighted by Gasteiger charge is -2.20. The monoisotopic (exact) mass is 449 g/mol. The first-order chi connectivity index (χ1) is 14.4. The number of hydrogen-bond donors (Lipinski definition) is 1. The number of amides is 1. The molecule has 0 saturated heterocycles. The highest BCUT2D eigenvalue weighted by Gasteiger charge is 2.38. The van der Waals surface area contributed by atoms with Crippen molar-refractivity contribution in [1.29, 1.82) is 0 Å². The number of benzene rings is 1. The molecule has 9 heteroatoms. The molecule has 0 unspecified atom stereocenters. The van der Waals surface area contributed by atoms with Crippen molar-refractivity contribution in [3.05, 3.63) is 66.0 Å². The summed E-state index contributed by atoms with van der Waals surface area (Å²) in [6.45, 7) is 6.92. The molecule has 1 amide bonds. The van der Waals surface area contributed by atoms with E-state index < -0.39 is 23.4 Å². The number of carbonyl (C=O) groups excluding carboxylic acids is 1. The van der Waals surface area contributed by atoms with Crippen LogP contribution in [0.3, 0.4) is 0 Å². The van der Waals surface area contributed by atoms with Gasteiger partial charge in [-0.1, -0.05) is 29.5 Å². The molecule has 0 radical (unpaired) electrons. The van der Waals surface area contributed by atoms with Crippen molar-refractivity contribution in [1.82, 2.24) is 9.55 Å². The molecule has 3 rings (SSSR count). The number of carbonyl (C=O) groups is 1. The van der Waals surface area contributed by atoms with Gasteiger partial charge >= 0.3 is 12.3 Å². The Kier molecular flexibility index (Phi) is 6.35. The third kappa shape index (κ3) is 5.81. The summed E-state index contributed by atoms with van der Waals surface area (Å²) in [7, 11) is 0. The van der Waals surface area contributed by atoms with Crippen molar-refractivity contribution < 1.29 is 22.7 Å². The van der Waals surface area contributed by atoms with E-state index in [2.05, 4.69) is 10.3 Å². The van der Waals surface area contributed by atoms with Gasteiger partial charge in [0.25, 0.3) is 0 Å². The molecule has 1 N–H and O–H groups in total. The molecule has 0 bridgehead atoms. The van der Waals surface area contributed by atoms with Gasteiger partial charge in [-0.05, 0) is 58.0 Å². The second kappa shape index (κ2) is 8.66. The number of rotatable bonds is 4. The maximum Gasteiger partial charge on any atom is 0.419 e. The van der Waals surface area contributed by atoms with E-state index in [1.54, 1.807) is 57.2 Å². The number of hydrogen-bond acceptors (Lipinski definition) is 4. The maximum atomic E-state index is 13.9. The van der Waals surface area contributed by atoms with Crippen LogP contribution in [0, 0.1) is 6.92 Å². The van der Waals surface area contributed by atoms with E-state index in [-0.39, 0.29) is 10.8 Å². The lowest BCUT2D eigenvalue weighted by Crippen LogP contribution is -2.27. The van der Waals surface area contributed by atoms with Gasteiger partial charge in [0.2, 0.25) is 0 Å². The largest absolute Gasteiger partial charge is 0.444 e. The van der Waals surface area contributed by atoms with Crippen molar-refractivity contribution in [2.45, 2.75) is 49.4 Å². The molecule has 0 aliphatic heterocycles. The van der Waals surface area contributed by atoms with Crippen molar-refractivity contribution in [2.24, 2.45) is 0 Å². The Morgan fingerprint density at radius 2 is 1.68 bits per heavy atom. The van der Waals surface area contributed by atoms with Gasteiger partial charge in [0.1, 0.15) is 11.4 Å². The molecule has 0 fully saturated rings. The molecule has 31 heavy (non-hydrogen) atoms. The molecule has 2 aromatic heterocycles. The van der Waals surface area contributed by atoms with Crippen LogP contribution in [0.25, 0.3) is 5.69 Å². The number of aromatic nitrogens is 2. The minimum Gasteiger partial charge on any atom is -0.444 e. The summed E-state index contributed by atoms with van der Waals surface area (Å²) < 4.78 is 48.5. The molecule has 0 aliphatic carbocycles. The van der Waals surface area contributed by atoms with Crippen LogP contribution in [0.5, 0.6) is 0 Å². The summed E-state index contributed by atoms with van der Waals surface area (Å²) in [5.74, 6) is -0.0398. The van der Waals surface area contributed by atoms with Gasteiger partial charge in [-0.3, -0.25) is 14.9 Å². The average Bonchev–Trinajstić information content (AvgIpc) is 3.00. The number of halogens is 3. The number of ether oxygens (including phenoxy) is 1. The minimum atomic E-state index is -4.63. The third-order valence-electron chi connectivity index (χ3n) is 4.05. The number of nitrogens with zero attached hydrogens (tertiary/aromatic N) is 2. The molecule has 0 atom stereocenters. The Morgan fingerprint density at radius 3 is 2.23 bits per heavy atom. The van der Waals surface area contributed by atoms with E-state index >= 15 is 0 Å². The van der Waals surface area contributed by atoms with E-state index in [4.69, 9.17) is 4.74 Å². The quantitative estimate of drug-likeness (QED) is 0.482. The Labute approximate surface area is 182 Å². The van der Waals surface area contributed by atoms with Crippen LogP contribution in [0.2, 0.25) is 0 Å². The molecule has 2 heterocycles. The lowest BCUT2D eigenvalue weighted by molar-refractivity contribution is -0.139. The summed E-state index contributed by atoms with van der Waals surface area (Å²) in [6, 6.07) is 11.2. The normalized spacial score (nSPS) is 12.0.